The molecule has 2 rings (SSSR count). The van der Waals surface area contributed by atoms with E-state index in [2.05, 4.69) is 27.3 Å². The second-order valence-corrected chi connectivity index (χ2v) is 4.97. The van der Waals surface area contributed by atoms with Gasteiger partial charge in [0, 0.05) is 4.47 Å². The van der Waals surface area contributed by atoms with Gasteiger partial charge in [-0.3, -0.25) is 0 Å². The fraction of sp³-hybridized carbons (Fsp3) is 0.417. The van der Waals surface area contributed by atoms with Crippen molar-refractivity contribution in [3.8, 4) is 6.07 Å². The van der Waals surface area contributed by atoms with E-state index in [0.29, 0.717) is 5.56 Å². The van der Waals surface area contributed by atoms with Crippen LogP contribution in [0.5, 0.6) is 0 Å². The van der Waals surface area contributed by atoms with Crippen LogP contribution in [-0.4, -0.2) is 17.3 Å². The number of rotatable bonds is 2. The molecule has 2 N–H and O–H groups in total. The number of nitrogens with zero attached hydrogens (tertiary/aromatic N) is 1. The molecule has 0 heterocycles. The fourth-order valence-electron chi connectivity index (χ4n) is 2.04. The molecule has 0 saturated heterocycles. The van der Waals surface area contributed by atoms with Crippen molar-refractivity contribution in [2.75, 3.05) is 5.32 Å². The van der Waals surface area contributed by atoms with Crippen LogP contribution in [0, 0.1) is 11.3 Å². The number of aliphatic hydroxyl groups excluding tert-OH is 1. The van der Waals surface area contributed by atoms with Crippen LogP contribution in [0.25, 0.3) is 0 Å². The predicted molar refractivity (Wildman–Crippen MR) is 66.1 cm³/mol. The van der Waals surface area contributed by atoms with Crippen LogP contribution >= 0.6 is 15.9 Å². The molecule has 2 atom stereocenters. The third-order valence-electron chi connectivity index (χ3n) is 2.92. The van der Waals surface area contributed by atoms with Gasteiger partial charge in [0.2, 0.25) is 0 Å². The predicted octanol–water partition coefficient (Wildman–Crippen LogP) is 2.65. The van der Waals surface area contributed by atoms with Gasteiger partial charge in [-0.05, 0) is 37.5 Å². The SMILES string of the molecule is N#Cc1ccc(Br)cc1N[C@@H]1CCC[C@H]1O. The maximum absolute atomic E-state index is 9.73. The monoisotopic (exact) mass is 280 g/mol. The van der Waals surface area contributed by atoms with Crippen LogP contribution in [0.3, 0.4) is 0 Å². The molecule has 0 radical (unpaired) electrons. The molecule has 1 aromatic rings. The van der Waals surface area contributed by atoms with Gasteiger partial charge in [0.15, 0.2) is 0 Å². The summed E-state index contributed by atoms with van der Waals surface area (Å²) in [5, 5.41) is 22.0. The van der Waals surface area contributed by atoms with Crippen LogP contribution in [0.15, 0.2) is 22.7 Å². The first-order chi connectivity index (χ1) is 7.70. The van der Waals surface area contributed by atoms with Crippen LogP contribution < -0.4 is 5.32 Å². The smallest absolute Gasteiger partial charge is 0.101 e. The van der Waals surface area contributed by atoms with E-state index in [1.165, 1.54) is 0 Å². The Morgan fingerprint density at radius 1 is 1.44 bits per heavy atom. The van der Waals surface area contributed by atoms with Gasteiger partial charge in [0.25, 0.3) is 0 Å². The Balaban J connectivity index is 2.20. The van der Waals surface area contributed by atoms with Gasteiger partial charge in [-0.15, -0.1) is 0 Å². The summed E-state index contributed by atoms with van der Waals surface area (Å²) in [7, 11) is 0. The summed E-state index contributed by atoms with van der Waals surface area (Å²) in [6.45, 7) is 0. The summed E-state index contributed by atoms with van der Waals surface area (Å²) in [5.74, 6) is 0. The van der Waals surface area contributed by atoms with E-state index >= 15 is 0 Å². The number of nitrogens with one attached hydrogen (secondary N) is 1. The van der Waals surface area contributed by atoms with Gasteiger partial charge in [0.1, 0.15) is 6.07 Å². The molecule has 3 nitrogen and oxygen atoms in total. The third-order valence-corrected chi connectivity index (χ3v) is 3.42. The molecule has 0 amide bonds. The lowest BCUT2D eigenvalue weighted by Crippen LogP contribution is -2.28. The minimum atomic E-state index is -0.300. The Hall–Kier alpha value is -1.05. The number of hydrogen-bond acceptors (Lipinski definition) is 3. The first-order valence-corrected chi connectivity index (χ1v) is 6.14. The standard InChI is InChI=1S/C12H13BrN2O/c13-9-5-4-8(7-14)11(6-9)15-10-2-1-3-12(10)16/h4-6,10,12,15-16H,1-3H2/t10-,12-/m1/s1. The Kier molecular flexibility index (Phi) is 3.47. The first kappa shape index (κ1) is 11.4. The van der Waals surface area contributed by atoms with Crippen molar-refractivity contribution in [1.29, 1.82) is 5.26 Å². The normalized spacial score (nSPS) is 24.1. The highest BCUT2D eigenvalue weighted by Crippen LogP contribution is 2.26. The van der Waals surface area contributed by atoms with E-state index in [1.807, 2.05) is 12.1 Å². The van der Waals surface area contributed by atoms with E-state index in [4.69, 9.17) is 5.26 Å². The molecule has 1 aromatic carbocycles. The zero-order chi connectivity index (χ0) is 11.5. The topological polar surface area (TPSA) is 56.0 Å². The summed E-state index contributed by atoms with van der Waals surface area (Å²) in [5.41, 5.74) is 1.41. The lowest BCUT2D eigenvalue weighted by atomic mass is 10.1. The lowest BCUT2D eigenvalue weighted by molar-refractivity contribution is 0.172. The minimum Gasteiger partial charge on any atom is -0.391 e. The Morgan fingerprint density at radius 3 is 2.88 bits per heavy atom. The maximum atomic E-state index is 9.73. The molecule has 4 heteroatoms. The Morgan fingerprint density at radius 2 is 2.25 bits per heavy atom. The second kappa shape index (κ2) is 4.86. The molecule has 1 aliphatic carbocycles. The second-order valence-electron chi connectivity index (χ2n) is 4.05. The van der Waals surface area contributed by atoms with Crippen molar-refractivity contribution in [2.45, 2.75) is 31.4 Å². The van der Waals surface area contributed by atoms with Crippen LogP contribution in [0.4, 0.5) is 5.69 Å². The molecule has 0 aromatic heterocycles. The first-order valence-electron chi connectivity index (χ1n) is 5.35. The maximum Gasteiger partial charge on any atom is 0.101 e. The zero-order valence-corrected chi connectivity index (χ0v) is 10.4. The van der Waals surface area contributed by atoms with Crippen molar-refractivity contribution in [1.82, 2.24) is 0 Å². The van der Waals surface area contributed by atoms with Crippen LogP contribution in [-0.2, 0) is 0 Å². The quantitative estimate of drug-likeness (QED) is 0.876. The largest absolute Gasteiger partial charge is 0.391 e. The van der Waals surface area contributed by atoms with Gasteiger partial charge >= 0.3 is 0 Å². The summed E-state index contributed by atoms with van der Waals surface area (Å²) >= 11 is 3.38. The van der Waals surface area contributed by atoms with Crippen molar-refractivity contribution in [3.63, 3.8) is 0 Å². The molecule has 1 saturated carbocycles. The van der Waals surface area contributed by atoms with Gasteiger partial charge in [-0.1, -0.05) is 15.9 Å². The van der Waals surface area contributed by atoms with Crippen molar-refractivity contribution >= 4 is 21.6 Å². The fourth-order valence-corrected chi connectivity index (χ4v) is 2.40. The molecular formula is C12H13BrN2O. The van der Waals surface area contributed by atoms with Gasteiger partial charge in [0.05, 0.1) is 23.4 Å². The molecular weight excluding hydrogens is 268 g/mol. The number of nitriles is 1. The Bertz CT molecular complexity index is 428. The molecule has 84 valence electrons. The number of anilines is 1. The average molecular weight is 281 g/mol. The molecule has 16 heavy (non-hydrogen) atoms. The number of hydrogen-bond donors (Lipinski definition) is 2. The van der Waals surface area contributed by atoms with Gasteiger partial charge in [-0.2, -0.15) is 5.26 Å². The third kappa shape index (κ3) is 2.37. The summed E-state index contributed by atoms with van der Waals surface area (Å²) < 4.78 is 0.932. The summed E-state index contributed by atoms with van der Waals surface area (Å²) in [6.07, 6.45) is 2.53. The number of benzene rings is 1. The van der Waals surface area contributed by atoms with Crippen molar-refractivity contribution in [2.24, 2.45) is 0 Å². The summed E-state index contributed by atoms with van der Waals surface area (Å²) in [4.78, 5) is 0. The highest BCUT2D eigenvalue weighted by atomic mass is 79.9. The Labute approximate surface area is 103 Å². The average Bonchev–Trinajstić information content (AvgIpc) is 2.65. The summed E-state index contributed by atoms with van der Waals surface area (Å²) in [6, 6.07) is 7.71. The highest BCUT2D eigenvalue weighted by molar-refractivity contribution is 9.10. The van der Waals surface area contributed by atoms with E-state index in [0.717, 1.165) is 29.4 Å². The number of aliphatic hydroxyl groups is 1. The van der Waals surface area contributed by atoms with E-state index in [9.17, 15) is 5.11 Å². The molecule has 1 fully saturated rings. The molecule has 1 aliphatic rings. The van der Waals surface area contributed by atoms with E-state index in [-0.39, 0.29) is 12.1 Å². The highest BCUT2D eigenvalue weighted by Gasteiger charge is 2.25. The molecule has 0 bridgehead atoms. The van der Waals surface area contributed by atoms with Gasteiger partial charge in [-0.25, -0.2) is 0 Å². The van der Waals surface area contributed by atoms with Crippen LogP contribution in [0.1, 0.15) is 24.8 Å². The minimum absolute atomic E-state index is 0.0707. The molecule has 0 spiro atoms. The lowest BCUT2D eigenvalue weighted by Gasteiger charge is -2.18. The van der Waals surface area contributed by atoms with Crippen molar-refractivity contribution in [3.05, 3.63) is 28.2 Å². The number of halogens is 1. The van der Waals surface area contributed by atoms with Gasteiger partial charge < -0.3 is 10.4 Å². The molecule has 0 unspecified atom stereocenters. The van der Waals surface area contributed by atoms with Crippen molar-refractivity contribution < 1.29 is 5.11 Å². The zero-order valence-electron chi connectivity index (χ0n) is 8.78. The van der Waals surface area contributed by atoms with E-state index in [1.54, 1.807) is 6.07 Å². The van der Waals surface area contributed by atoms with Crippen LogP contribution in [0.2, 0.25) is 0 Å². The van der Waals surface area contributed by atoms with E-state index < -0.39 is 0 Å². The molecule has 0 aliphatic heterocycles.